The van der Waals surface area contributed by atoms with Gasteiger partial charge in [-0.05, 0) is 56.1 Å². The summed E-state index contributed by atoms with van der Waals surface area (Å²) in [7, 11) is 0. The average Bonchev–Trinajstić information content (AvgIpc) is 2.35. The zero-order valence-corrected chi connectivity index (χ0v) is 14.7. The van der Waals surface area contributed by atoms with E-state index in [1.807, 2.05) is 26.8 Å². The lowest BCUT2D eigenvalue weighted by Crippen LogP contribution is -2.43. The molecule has 2 rings (SSSR count). The predicted molar refractivity (Wildman–Crippen MR) is 96.5 cm³/mol. The summed E-state index contributed by atoms with van der Waals surface area (Å²) in [5.41, 5.74) is 2.23. The Hall–Kier alpha value is -1.51. The van der Waals surface area contributed by atoms with Crippen LogP contribution in [0.3, 0.4) is 0 Å². The van der Waals surface area contributed by atoms with Crippen LogP contribution >= 0.6 is 0 Å². The maximum atomic E-state index is 12.3. The van der Waals surface area contributed by atoms with E-state index in [-0.39, 0.29) is 25.0 Å². The summed E-state index contributed by atoms with van der Waals surface area (Å²) in [5, 5.41) is 3.13. The third kappa shape index (κ3) is 4.98. The maximum absolute atomic E-state index is 12.3. The molecule has 2 unspecified atom stereocenters. The van der Waals surface area contributed by atoms with Gasteiger partial charge in [-0.3, -0.25) is 0 Å². The van der Waals surface area contributed by atoms with Crippen molar-refractivity contribution in [1.82, 2.24) is 5.32 Å². The number of alkyl carbamates (subject to hydrolysis) is 1. The summed E-state index contributed by atoms with van der Waals surface area (Å²) in [6, 6.07) is 8.43. The first-order valence-corrected chi connectivity index (χ1v) is 8.15. The summed E-state index contributed by atoms with van der Waals surface area (Å²) < 4.78 is 5.47. The molecule has 130 valence electrons. The van der Waals surface area contributed by atoms with Gasteiger partial charge in [-0.25, -0.2) is 4.79 Å². The van der Waals surface area contributed by atoms with Crippen LogP contribution in [0.15, 0.2) is 24.3 Å². The van der Waals surface area contributed by atoms with Crippen LogP contribution in [-0.4, -0.2) is 11.7 Å². The molecule has 0 radical (unpaired) electrons. The standard InChI is InChI=1S/C19H29NO2.CH4/c1-18(2,3)15-12-11-13-9-7-8-10-14(13)16(15)20-17(21)22-19(4,5)6;/h7-10,15-16H,11-12H2,1-6H3,(H,20,21);1H4. The van der Waals surface area contributed by atoms with Gasteiger partial charge in [-0.15, -0.1) is 0 Å². The second kappa shape index (κ2) is 6.94. The molecule has 2 atom stereocenters. The Morgan fingerprint density at radius 3 is 2.30 bits per heavy atom. The molecule has 0 spiro atoms. The van der Waals surface area contributed by atoms with Gasteiger partial charge in [-0.1, -0.05) is 52.5 Å². The quantitative estimate of drug-likeness (QED) is 0.742. The fourth-order valence-corrected chi connectivity index (χ4v) is 3.31. The minimum Gasteiger partial charge on any atom is -0.444 e. The molecule has 1 aromatic rings. The summed E-state index contributed by atoms with van der Waals surface area (Å²) in [6.45, 7) is 12.4. The van der Waals surface area contributed by atoms with Gasteiger partial charge in [0.05, 0.1) is 6.04 Å². The molecule has 1 aromatic carbocycles. The second-order valence-electron chi connectivity index (χ2n) is 8.33. The van der Waals surface area contributed by atoms with Crippen LogP contribution in [-0.2, 0) is 11.2 Å². The molecule has 0 saturated carbocycles. The third-order valence-electron chi connectivity index (χ3n) is 4.30. The summed E-state index contributed by atoms with van der Waals surface area (Å²) in [4.78, 5) is 12.3. The Morgan fingerprint density at radius 1 is 1.13 bits per heavy atom. The van der Waals surface area contributed by atoms with Gasteiger partial charge < -0.3 is 10.1 Å². The van der Waals surface area contributed by atoms with Crippen LogP contribution in [0.4, 0.5) is 4.79 Å². The molecule has 23 heavy (non-hydrogen) atoms. The van der Waals surface area contributed by atoms with E-state index >= 15 is 0 Å². The molecule has 0 aromatic heterocycles. The fraction of sp³-hybridized carbons (Fsp3) is 0.650. The van der Waals surface area contributed by atoms with Gasteiger partial charge in [0.1, 0.15) is 5.60 Å². The normalized spacial score (nSPS) is 21.0. The smallest absolute Gasteiger partial charge is 0.408 e. The van der Waals surface area contributed by atoms with Crippen LogP contribution in [0, 0.1) is 11.3 Å². The van der Waals surface area contributed by atoms with Crippen LogP contribution < -0.4 is 5.32 Å². The van der Waals surface area contributed by atoms with E-state index in [2.05, 4.69) is 44.3 Å². The largest absolute Gasteiger partial charge is 0.444 e. The summed E-state index contributed by atoms with van der Waals surface area (Å²) >= 11 is 0. The molecule has 1 aliphatic rings. The molecule has 1 aliphatic carbocycles. The first-order chi connectivity index (χ1) is 10.1. The molecule has 0 heterocycles. The minimum absolute atomic E-state index is 0. The number of ether oxygens (including phenoxy) is 1. The molecule has 0 aliphatic heterocycles. The molecule has 3 nitrogen and oxygen atoms in total. The van der Waals surface area contributed by atoms with E-state index in [9.17, 15) is 4.79 Å². The zero-order valence-electron chi connectivity index (χ0n) is 14.7. The highest BCUT2D eigenvalue weighted by molar-refractivity contribution is 5.68. The summed E-state index contributed by atoms with van der Waals surface area (Å²) in [5.74, 6) is 0.398. The Labute approximate surface area is 141 Å². The molecule has 3 heteroatoms. The lowest BCUT2D eigenvalue weighted by atomic mass is 9.67. The van der Waals surface area contributed by atoms with Gasteiger partial charge in [0.25, 0.3) is 0 Å². The number of nitrogens with one attached hydrogen (secondary N) is 1. The zero-order chi connectivity index (χ0) is 16.5. The number of hydrogen-bond donors (Lipinski definition) is 1. The van der Waals surface area contributed by atoms with Gasteiger partial charge in [-0.2, -0.15) is 0 Å². The van der Waals surface area contributed by atoms with E-state index < -0.39 is 5.60 Å². The highest BCUT2D eigenvalue weighted by atomic mass is 16.6. The Bertz CT molecular complexity index is 537. The first-order valence-electron chi connectivity index (χ1n) is 8.15. The van der Waals surface area contributed by atoms with Crippen molar-refractivity contribution in [1.29, 1.82) is 0 Å². The van der Waals surface area contributed by atoms with Crippen molar-refractivity contribution in [2.24, 2.45) is 11.3 Å². The topological polar surface area (TPSA) is 38.3 Å². The maximum Gasteiger partial charge on any atom is 0.408 e. The predicted octanol–water partition coefficient (Wildman–Crippen LogP) is 5.50. The highest BCUT2D eigenvalue weighted by Crippen LogP contribution is 2.44. The molecular weight excluding hydrogens is 286 g/mol. The number of carbonyl (C=O) groups is 1. The average molecular weight is 319 g/mol. The van der Waals surface area contributed by atoms with Crippen molar-refractivity contribution in [3.05, 3.63) is 35.4 Å². The minimum atomic E-state index is -0.477. The second-order valence-corrected chi connectivity index (χ2v) is 8.33. The van der Waals surface area contributed by atoms with E-state index in [1.165, 1.54) is 11.1 Å². The first kappa shape index (κ1) is 19.5. The van der Waals surface area contributed by atoms with Gasteiger partial charge in [0, 0.05) is 0 Å². The number of aryl methyl sites for hydroxylation is 1. The molecule has 0 saturated heterocycles. The van der Waals surface area contributed by atoms with Crippen LogP contribution in [0.5, 0.6) is 0 Å². The van der Waals surface area contributed by atoms with Crippen molar-refractivity contribution >= 4 is 6.09 Å². The van der Waals surface area contributed by atoms with Crippen molar-refractivity contribution in [3.8, 4) is 0 Å². The Balaban J connectivity index is 0.00000264. The van der Waals surface area contributed by atoms with Gasteiger partial charge in [0.15, 0.2) is 0 Å². The monoisotopic (exact) mass is 319 g/mol. The number of amides is 1. The molecular formula is C20H33NO2. The van der Waals surface area contributed by atoms with Crippen molar-refractivity contribution < 1.29 is 9.53 Å². The summed E-state index contributed by atoms with van der Waals surface area (Å²) in [6.07, 6.45) is 1.83. The van der Waals surface area contributed by atoms with Gasteiger partial charge >= 0.3 is 6.09 Å². The van der Waals surface area contributed by atoms with E-state index in [0.29, 0.717) is 5.92 Å². The van der Waals surface area contributed by atoms with Crippen molar-refractivity contribution in [3.63, 3.8) is 0 Å². The van der Waals surface area contributed by atoms with E-state index in [0.717, 1.165) is 12.8 Å². The molecule has 1 N–H and O–H groups in total. The van der Waals surface area contributed by atoms with Crippen LogP contribution in [0.1, 0.15) is 72.6 Å². The fourth-order valence-electron chi connectivity index (χ4n) is 3.31. The Morgan fingerprint density at radius 2 is 1.74 bits per heavy atom. The van der Waals surface area contributed by atoms with Gasteiger partial charge in [0.2, 0.25) is 0 Å². The number of fused-ring (bicyclic) bond motifs is 1. The highest BCUT2D eigenvalue weighted by Gasteiger charge is 2.38. The number of hydrogen-bond acceptors (Lipinski definition) is 2. The lowest BCUT2D eigenvalue weighted by Gasteiger charge is -2.41. The van der Waals surface area contributed by atoms with E-state index in [1.54, 1.807) is 0 Å². The molecule has 0 fully saturated rings. The third-order valence-corrected chi connectivity index (χ3v) is 4.30. The molecule has 0 bridgehead atoms. The van der Waals surface area contributed by atoms with Crippen LogP contribution in [0.25, 0.3) is 0 Å². The van der Waals surface area contributed by atoms with E-state index in [4.69, 9.17) is 4.74 Å². The SMILES string of the molecule is C.CC(C)(C)OC(=O)NC1c2ccccc2CCC1C(C)(C)C. The van der Waals surface area contributed by atoms with Crippen LogP contribution in [0.2, 0.25) is 0 Å². The number of carbonyl (C=O) groups excluding carboxylic acids is 1. The van der Waals surface area contributed by atoms with Crippen molar-refractivity contribution in [2.75, 3.05) is 0 Å². The Kier molecular flexibility index (Phi) is 5.89. The number of benzene rings is 1. The lowest BCUT2D eigenvalue weighted by molar-refractivity contribution is 0.0438. The molecule has 1 amide bonds. The number of rotatable bonds is 1. The van der Waals surface area contributed by atoms with Crippen molar-refractivity contribution in [2.45, 2.75) is 73.5 Å².